The third kappa shape index (κ3) is 328. The van der Waals surface area contributed by atoms with Crippen molar-refractivity contribution in [1.82, 2.24) is 0 Å². The van der Waals surface area contributed by atoms with Gasteiger partial charge in [0, 0.05) is 0 Å². The monoisotopic (exact) mass is 119 g/mol. The van der Waals surface area contributed by atoms with Crippen LogP contribution in [-0.4, -0.2) is 17.1 Å². The molecule has 3 heteroatoms. The van der Waals surface area contributed by atoms with E-state index >= 15 is 0 Å². The summed E-state index contributed by atoms with van der Waals surface area (Å²) in [5.41, 5.74) is 3.67. The second-order valence-electron chi connectivity index (χ2n) is 2.31. The molecule has 50 valence electrons. The van der Waals surface area contributed by atoms with Gasteiger partial charge in [0.2, 0.25) is 6.41 Å². The van der Waals surface area contributed by atoms with Crippen molar-refractivity contribution in [3.63, 3.8) is 0 Å². The molecular weight excluding hydrogens is 106 g/mol. The Morgan fingerprint density at radius 1 is 1.50 bits per heavy atom. The van der Waals surface area contributed by atoms with Gasteiger partial charge in [-0.3, -0.25) is 4.79 Å². The van der Waals surface area contributed by atoms with Crippen LogP contribution >= 0.6 is 0 Å². The summed E-state index contributed by atoms with van der Waals surface area (Å²) >= 11 is 0. The smallest absolute Gasteiger partial charge is 0.204 e. The van der Waals surface area contributed by atoms with Crippen LogP contribution in [0.15, 0.2) is 0 Å². The van der Waals surface area contributed by atoms with Crippen molar-refractivity contribution in [2.45, 2.75) is 26.4 Å². The summed E-state index contributed by atoms with van der Waals surface area (Å²) in [4.78, 5) is 8.58. The first-order valence-corrected chi connectivity index (χ1v) is 2.29. The van der Waals surface area contributed by atoms with E-state index in [9.17, 15) is 0 Å². The molecule has 0 aliphatic rings. The van der Waals surface area contributed by atoms with E-state index in [0.717, 1.165) is 0 Å². The quantitative estimate of drug-likeness (QED) is 0.436. The Hall–Kier alpha value is -0.570. The molecule has 0 aromatic heterocycles. The maximum atomic E-state index is 8.58. The van der Waals surface area contributed by atoms with Crippen molar-refractivity contribution in [2.75, 3.05) is 0 Å². The molecular formula is C5H13NO2. The van der Waals surface area contributed by atoms with Gasteiger partial charge in [0.1, 0.15) is 0 Å². The Morgan fingerprint density at radius 2 is 1.50 bits per heavy atom. The van der Waals surface area contributed by atoms with Crippen molar-refractivity contribution in [3.8, 4) is 0 Å². The molecule has 0 aromatic carbocycles. The first-order valence-electron chi connectivity index (χ1n) is 2.29. The number of hydrogen-bond acceptors (Lipinski definition) is 2. The molecule has 0 radical (unpaired) electrons. The highest BCUT2D eigenvalue weighted by molar-refractivity contribution is 5.42. The topological polar surface area (TPSA) is 63.3 Å². The molecule has 0 saturated heterocycles. The minimum absolute atomic E-state index is 0.250. The van der Waals surface area contributed by atoms with Gasteiger partial charge < -0.3 is 10.8 Å². The molecule has 8 heavy (non-hydrogen) atoms. The molecule has 0 saturated carbocycles. The van der Waals surface area contributed by atoms with Crippen molar-refractivity contribution >= 4 is 6.41 Å². The van der Waals surface area contributed by atoms with Crippen molar-refractivity contribution in [1.29, 1.82) is 0 Å². The lowest BCUT2D eigenvalue weighted by molar-refractivity contribution is -0.106. The van der Waals surface area contributed by atoms with Crippen LogP contribution in [0.4, 0.5) is 0 Å². The van der Waals surface area contributed by atoms with E-state index in [1.54, 1.807) is 20.8 Å². The first-order chi connectivity index (χ1) is 3.41. The average molecular weight is 119 g/mol. The number of carbonyl (C=O) groups excluding carboxylic acids is 1. The molecule has 0 atom stereocenters. The van der Waals surface area contributed by atoms with Gasteiger partial charge in [0.25, 0.3) is 0 Å². The van der Waals surface area contributed by atoms with E-state index in [0.29, 0.717) is 0 Å². The zero-order chi connectivity index (χ0) is 7.21. The third-order valence-corrected chi connectivity index (χ3v) is 0. The zero-order valence-electron chi connectivity index (χ0n) is 5.51. The molecule has 0 rings (SSSR count). The van der Waals surface area contributed by atoms with Crippen LogP contribution in [0.5, 0.6) is 0 Å². The number of hydrogen-bond donors (Lipinski definition) is 2. The highest BCUT2D eigenvalue weighted by Gasteiger charge is 1.97. The molecule has 1 amide bonds. The predicted molar refractivity (Wildman–Crippen MR) is 32.2 cm³/mol. The first kappa shape index (κ1) is 10.4. The summed E-state index contributed by atoms with van der Waals surface area (Å²) in [7, 11) is 0. The minimum Gasteiger partial charge on any atom is -0.391 e. The highest BCUT2D eigenvalue weighted by Crippen LogP contribution is 1.93. The molecule has 3 N–H and O–H groups in total. The van der Waals surface area contributed by atoms with E-state index in [1.165, 1.54) is 0 Å². The average Bonchev–Trinajstić information content (AvgIpc) is 1.27. The molecule has 3 nitrogen and oxygen atoms in total. The fourth-order valence-electron chi connectivity index (χ4n) is 0. The summed E-state index contributed by atoms with van der Waals surface area (Å²) < 4.78 is 0. The predicted octanol–water partition coefficient (Wildman–Crippen LogP) is -0.121. The molecule has 0 heterocycles. The lowest BCUT2D eigenvalue weighted by Gasteiger charge is -2.04. The zero-order valence-corrected chi connectivity index (χ0v) is 5.51. The maximum absolute atomic E-state index is 8.58. The molecule has 0 fully saturated rings. The molecule has 0 bridgehead atoms. The van der Waals surface area contributed by atoms with Crippen LogP contribution in [0, 0.1) is 0 Å². The SMILES string of the molecule is CC(C)(C)O.NC=O. The van der Waals surface area contributed by atoms with Crippen LogP contribution in [0.1, 0.15) is 20.8 Å². The highest BCUT2D eigenvalue weighted by atomic mass is 16.3. The molecule has 0 aliphatic heterocycles. The molecule has 0 aromatic rings. The summed E-state index contributed by atoms with van der Waals surface area (Å²) in [6.07, 6.45) is 0.250. The van der Waals surface area contributed by atoms with Crippen molar-refractivity contribution < 1.29 is 9.90 Å². The molecule has 0 spiro atoms. The second-order valence-corrected chi connectivity index (χ2v) is 2.31. The van der Waals surface area contributed by atoms with Crippen LogP contribution in [0.2, 0.25) is 0 Å². The van der Waals surface area contributed by atoms with Gasteiger partial charge in [0.05, 0.1) is 5.60 Å². The standard InChI is InChI=1S/C4H10O.CH3NO/c1-4(2,3)5;2-1-3/h5H,1-3H3;1H,(H2,2,3). The van der Waals surface area contributed by atoms with Crippen LogP contribution in [0.25, 0.3) is 0 Å². The van der Waals surface area contributed by atoms with Crippen LogP contribution in [-0.2, 0) is 4.79 Å². The van der Waals surface area contributed by atoms with Crippen molar-refractivity contribution in [2.24, 2.45) is 5.73 Å². The van der Waals surface area contributed by atoms with E-state index in [-0.39, 0.29) is 6.41 Å². The number of aliphatic hydroxyl groups is 1. The summed E-state index contributed by atoms with van der Waals surface area (Å²) in [6, 6.07) is 0. The second kappa shape index (κ2) is 4.59. The van der Waals surface area contributed by atoms with Crippen LogP contribution in [0.3, 0.4) is 0 Å². The molecule has 0 unspecified atom stereocenters. The molecule has 0 aliphatic carbocycles. The Kier molecular flexibility index (Phi) is 5.97. The normalized spacial score (nSPS) is 9.00. The van der Waals surface area contributed by atoms with E-state index < -0.39 is 5.60 Å². The van der Waals surface area contributed by atoms with Gasteiger partial charge in [-0.25, -0.2) is 0 Å². The number of nitrogens with two attached hydrogens (primary N) is 1. The summed E-state index contributed by atoms with van der Waals surface area (Å²) in [5, 5.41) is 8.52. The van der Waals surface area contributed by atoms with Gasteiger partial charge in [-0.05, 0) is 20.8 Å². The van der Waals surface area contributed by atoms with Gasteiger partial charge in [-0.15, -0.1) is 0 Å². The lowest BCUT2D eigenvalue weighted by atomic mass is 10.2. The maximum Gasteiger partial charge on any atom is 0.204 e. The lowest BCUT2D eigenvalue weighted by Crippen LogP contribution is -2.10. The van der Waals surface area contributed by atoms with Gasteiger partial charge in [-0.2, -0.15) is 0 Å². The number of amides is 1. The number of primary amides is 1. The third-order valence-electron chi connectivity index (χ3n) is 0. The number of rotatable bonds is 0. The summed E-state index contributed by atoms with van der Waals surface area (Å²) in [5.74, 6) is 0. The van der Waals surface area contributed by atoms with E-state index in [4.69, 9.17) is 9.90 Å². The van der Waals surface area contributed by atoms with Gasteiger partial charge >= 0.3 is 0 Å². The Labute approximate surface area is 49.5 Å². The largest absolute Gasteiger partial charge is 0.391 e. The fraction of sp³-hybridized carbons (Fsp3) is 0.800. The minimum atomic E-state index is -0.500. The van der Waals surface area contributed by atoms with Crippen LogP contribution < -0.4 is 5.73 Å². The van der Waals surface area contributed by atoms with E-state index in [1.807, 2.05) is 0 Å². The Balaban J connectivity index is 0. The van der Waals surface area contributed by atoms with Crippen molar-refractivity contribution in [3.05, 3.63) is 0 Å². The Morgan fingerprint density at radius 3 is 1.50 bits per heavy atom. The van der Waals surface area contributed by atoms with Gasteiger partial charge in [0.15, 0.2) is 0 Å². The summed E-state index contributed by atoms with van der Waals surface area (Å²) in [6.45, 7) is 5.23. The van der Waals surface area contributed by atoms with Gasteiger partial charge in [-0.1, -0.05) is 0 Å². The number of carbonyl (C=O) groups is 1. The fourth-order valence-corrected chi connectivity index (χ4v) is 0. The Bertz CT molecular complexity index is 49.9. The van der Waals surface area contributed by atoms with E-state index in [2.05, 4.69) is 5.73 Å².